The Labute approximate surface area is 247 Å². The molecule has 172 valence electrons. The minimum Gasteiger partial charge on any atom is -0.870 e. The molecule has 2 unspecified atom stereocenters. The molecule has 5 rings (SSSR count). The van der Waals surface area contributed by atoms with Crippen LogP contribution in [0.4, 0.5) is 4.79 Å². The van der Waals surface area contributed by atoms with E-state index in [1.54, 1.807) is 6.07 Å². The number of amides is 3. The molecule has 1 fully saturated rings. The summed E-state index contributed by atoms with van der Waals surface area (Å²) in [6, 6.07) is 11.0. The Bertz CT molecular complexity index is 1100. The largest absolute Gasteiger partial charge is 2.00 e. The van der Waals surface area contributed by atoms with Crippen LogP contribution in [0.3, 0.4) is 0 Å². The van der Waals surface area contributed by atoms with E-state index in [0.29, 0.717) is 12.8 Å². The second-order valence-electron chi connectivity index (χ2n) is 7.69. The van der Waals surface area contributed by atoms with E-state index < -0.39 is 23.1 Å². The fraction of sp³-hybridized carbons (Fsp3) is 0.286. The summed E-state index contributed by atoms with van der Waals surface area (Å²) < 4.78 is 1.96. The summed E-state index contributed by atoms with van der Waals surface area (Å²) in [6.07, 6.45) is 2.66. The van der Waals surface area contributed by atoms with Gasteiger partial charge < -0.3 is 27.1 Å². The summed E-state index contributed by atoms with van der Waals surface area (Å²) in [5, 5.41) is 14.1. The molecule has 9 nitrogen and oxygen atoms in total. The van der Waals surface area contributed by atoms with Gasteiger partial charge in [0.05, 0.1) is 0 Å². The summed E-state index contributed by atoms with van der Waals surface area (Å²) in [6.45, 7) is 0. The number of urea groups is 1. The molecule has 2 atom stereocenters. The molecule has 1 aliphatic heterocycles. The van der Waals surface area contributed by atoms with Crippen LogP contribution in [0, 0.1) is 0 Å². The topological polar surface area (TPSA) is 182 Å². The summed E-state index contributed by atoms with van der Waals surface area (Å²) in [5.41, 5.74) is 7.65. The van der Waals surface area contributed by atoms with E-state index in [1.165, 1.54) is 0 Å². The van der Waals surface area contributed by atoms with Crippen LogP contribution < -0.4 is 16.4 Å². The van der Waals surface area contributed by atoms with Crippen LogP contribution in [-0.2, 0) is 33.5 Å². The van der Waals surface area contributed by atoms with Crippen molar-refractivity contribution < 1.29 is 30.4 Å². The van der Waals surface area contributed by atoms with E-state index in [-0.39, 0.29) is 65.7 Å². The summed E-state index contributed by atoms with van der Waals surface area (Å²) in [4.78, 5) is 34.1. The number of hydrogen-bond acceptors (Lipinski definition) is 6. The smallest absolute Gasteiger partial charge is 0.870 e. The fourth-order valence-electron chi connectivity index (χ4n) is 4.39. The van der Waals surface area contributed by atoms with Crippen LogP contribution in [0.15, 0.2) is 45.3 Å². The van der Waals surface area contributed by atoms with Gasteiger partial charge in [-0.25, -0.2) is 9.59 Å². The number of nitrogens with one attached hydrogen (secondary N) is 2. The number of aryl methyl sites for hydroxylation is 2. The molecule has 33 heavy (non-hydrogen) atoms. The van der Waals surface area contributed by atoms with Gasteiger partial charge in [-0.15, -0.1) is 0 Å². The molecule has 0 bridgehead atoms. The van der Waals surface area contributed by atoms with E-state index >= 15 is 0 Å². The van der Waals surface area contributed by atoms with Gasteiger partial charge >= 0.3 is 60.9 Å². The van der Waals surface area contributed by atoms with E-state index in [2.05, 4.69) is 42.5 Å². The van der Waals surface area contributed by atoms with Crippen LogP contribution in [0.25, 0.3) is 0 Å². The number of carboxylic acid groups (broad SMARTS) is 1. The van der Waals surface area contributed by atoms with Gasteiger partial charge in [0.2, 0.25) is 0 Å². The third kappa shape index (κ3) is 5.42. The minimum absolute atomic E-state index is 0. The van der Waals surface area contributed by atoms with Crippen molar-refractivity contribution in [3.8, 4) is 0 Å². The van der Waals surface area contributed by atoms with Gasteiger partial charge in [-0.2, -0.15) is 0 Å². The number of benzene rings is 2. The van der Waals surface area contributed by atoms with Gasteiger partial charge in [-0.3, -0.25) is 10.1 Å². The minimum atomic E-state index is -1.18. The SMILES string of the molecule is NC1(C(=O)O)CCc2cc(Br)ccc21.O=C1NC(=O)C2(CCc3cc(Br)ccc32)N1.[Ba+2].[OH-].[OH-]. The Morgan fingerprint density at radius 1 is 0.939 bits per heavy atom. The number of carboxylic acids is 1. The molecule has 7 N–H and O–H groups in total. The van der Waals surface area contributed by atoms with Crippen LogP contribution in [-0.4, -0.2) is 82.8 Å². The molecule has 0 radical (unpaired) electrons. The predicted molar refractivity (Wildman–Crippen MR) is 126 cm³/mol. The van der Waals surface area contributed by atoms with Crippen molar-refractivity contribution in [2.45, 2.75) is 36.8 Å². The maximum absolute atomic E-state index is 11.9. The van der Waals surface area contributed by atoms with Gasteiger partial charge in [0, 0.05) is 8.95 Å². The normalized spacial score (nSPS) is 23.5. The zero-order valence-electron chi connectivity index (χ0n) is 17.4. The number of carbonyl (C=O) groups excluding carboxylic acids is 2. The number of carbonyl (C=O) groups is 3. The third-order valence-electron chi connectivity index (χ3n) is 5.96. The molecule has 2 aliphatic carbocycles. The van der Waals surface area contributed by atoms with E-state index in [9.17, 15) is 14.4 Å². The van der Waals surface area contributed by atoms with Gasteiger partial charge in [0.25, 0.3) is 5.91 Å². The fourth-order valence-corrected chi connectivity index (χ4v) is 5.21. The monoisotopic (exact) mass is 707 g/mol. The Hall–Kier alpha value is -0.739. The molecule has 1 saturated heterocycles. The zero-order chi connectivity index (χ0) is 21.7. The quantitative estimate of drug-likeness (QED) is 0.259. The van der Waals surface area contributed by atoms with Crippen molar-refractivity contribution in [2.24, 2.45) is 5.73 Å². The average Bonchev–Trinajstić information content (AvgIpc) is 3.31. The number of hydrogen-bond donors (Lipinski definition) is 4. The number of halogens is 2. The molecule has 1 heterocycles. The molecule has 1 spiro atoms. The standard InChI is InChI=1S/C11H9BrN2O2.C10H10BrNO2.Ba.2H2O/c12-7-1-2-8-6(5-7)3-4-11(8)9(15)13-10(16)14-11;11-7-1-2-8-6(5-7)3-4-10(8,12)9(13)14;;;/h1-2,5H,3-4H2,(H2,13,14,15,16);1-2,5H,3-4,12H2,(H,13,14);;2*1H2/q;;+2;;/p-2. The van der Waals surface area contributed by atoms with Crippen molar-refractivity contribution >= 4 is 98.6 Å². The van der Waals surface area contributed by atoms with Gasteiger partial charge in [0.15, 0.2) is 0 Å². The van der Waals surface area contributed by atoms with Crippen molar-refractivity contribution in [3.63, 3.8) is 0 Å². The molecule has 2 aromatic carbocycles. The van der Waals surface area contributed by atoms with Crippen molar-refractivity contribution in [1.82, 2.24) is 10.6 Å². The average molecular weight is 709 g/mol. The Morgan fingerprint density at radius 2 is 1.45 bits per heavy atom. The molecule has 3 amide bonds. The van der Waals surface area contributed by atoms with Gasteiger partial charge in [0.1, 0.15) is 11.1 Å². The first-order valence-electron chi connectivity index (χ1n) is 9.39. The Morgan fingerprint density at radius 3 is 1.97 bits per heavy atom. The first-order chi connectivity index (χ1) is 14.2. The number of rotatable bonds is 1. The third-order valence-corrected chi connectivity index (χ3v) is 6.94. The van der Waals surface area contributed by atoms with Crippen LogP contribution in [0.5, 0.6) is 0 Å². The second-order valence-corrected chi connectivity index (χ2v) is 9.52. The number of fused-ring (bicyclic) bond motifs is 3. The van der Waals surface area contributed by atoms with E-state index in [1.807, 2.05) is 30.3 Å². The van der Waals surface area contributed by atoms with Crippen LogP contribution in [0.1, 0.15) is 35.1 Å². The zero-order valence-corrected chi connectivity index (χ0v) is 25.0. The van der Waals surface area contributed by atoms with Crippen LogP contribution >= 0.6 is 31.9 Å². The van der Waals surface area contributed by atoms with E-state index in [0.717, 1.165) is 44.0 Å². The molecule has 12 heteroatoms. The Kier molecular flexibility index (Phi) is 10.4. The number of imide groups is 1. The number of nitrogens with two attached hydrogens (primary N) is 1. The summed E-state index contributed by atoms with van der Waals surface area (Å²) in [7, 11) is 0. The van der Waals surface area contributed by atoms with Crippen LogP contribution in [0.2, 0.25) is 0 Å². The maximum atomic E-state index is 11.9. The van der Waals surface area contributed by atoms with E-state index in [4.69, 9.17) is 10.8 Å². The molecule has 3 aliphatic rings. The molecular weight excluding hydrogens is 687 g/mol. The maximum Gasteiger partial charge on any atom is 2.00 e. The summed E-state index contributed by atoms with van der Waals surface area (Å²) in [5.74, 6) is -1.18. The van der Waals surface area contributed by atoms with Crippen molar-refractivity contribution in [3.05, 3.63) is 67.6 Å². The first-order valence-corrected chi connectivity index (χ1v) is 11.0. The molecular formula is C21H21BaBr2N3O6. The van der Waals surface area contributed by atoms with Gasteiger partial charge in [-0.05, 0) is 72.2 Å². The summed E-state index contributed by atoms with van der Waals surface area (Å²) >= 11 is 6.75. The van der Waals surface area contributed by atoms with Crippen molar-refractivity contribution in [1.29, 1.82) is 0 Å². The number of aliphatic carboxylic acids is 1. The molecule has 2 aromatic rings. The van der Waals surface area contributed by atoms with Gasteiger partial charge in [-0.1, -0.05) is 44.0 Å². The predicted octanol–water partition coefficient (Wildman–Crippen LogP) is 2.33. The molecule has 0 aromatic heterocycles. The second kappa shape index (κ2) is 11.3. The first kappa shape index (κ1) is 30.3. The molecule has 0 saturated carbocycles. The Balaban J connectivity index is 0.000000305. The van der Waals surface area contributed by atoms with Crippen molar-refractivity contribution in [2.75, 3.05) is 0 Å².